The average Bonchev–Trinajstić information content (AvgIpc) is 2.80. The van der Waals surface area contributed by atoms with Gasteiger partial charge in [0.2, 0.25) is 0 Å². The lowest BCUT2D eigenvalue weighted by atomic mass is 10.1. The van der Waals surface area contributed by atoms with Crippen molar-refractivity contribution in [1.82, 2.24) is 5.32 Å². The van der Waals surface area contributed by atoms with Crippen LogP contribution in [0.5, 0.6) is 0 Å². The third kappa shape index (κ3) is 2.83. The maximum atomic E-state index is 6.26. The third-order valence-corrected chi connectivity index (χ3v) is 4.19. The Labute approximate surface area is 119 Å². The van der Waals surface area contributed by atoms with Gasteiger partial charge in [-0.2, -0.15) is 0 Å². The van der Waals surface area contributed by atoms with Gasteiger partial charge in [-0.05, 0) is 48.1 Å². The number of rotatable bonds is 3. The molecule has 0 unspecified atom stereocenters. The molecule has 0 spiro atoms. The molecule has 0 bridgehead atoms. The minimum absolute atomic E-state index is 0.537. The van der Waals surface area contributed by atoms with E-state index in [-0.39, 0.29) is 0 Å². The van der Waals surface area contributed by atoms with Crippen LogP contribution in [0.3, 0.4) is 0 Å². The lowest BCUT2D eigenvalue weighted by molar-refractivity contribution is 0.533. The van der Waals surface area contributed by atoms with Gasteiger partial charge in [0.1, 0.15) is 0 Å². The number of benzene rings is 2. The molecule has 0 aromatic heterocycles. The molecule has 2 aromatic rings. The van der Waals surface area contributed by atoms with E-state index in [1.54, 1.807) is 0 Å². The fourth-order valence-corrected chi connectivity index (χ4v) is 3.06. The molecule has 0 atom stereocenters. The van der Waals surface area contributed by atoms with Crippen LogP contribution >= 0.6 is 11.6 Å². The van der Waals surface area contributed by atoms with Crippen molar-refractivity contribution in [2.75, 3.05) is 0 Å². The second-order valence-electron chi connectivity index (χ2n) is 5.35. The molecule has 0 amide bonds. The first-order chi connectivity index (χ1) is 9.22. The molecule has 0 fully saturated rings. The molecule has 19 heavy (non-hydrogen) atoms. The highest BCUT2D eigenvalue weighted by Crippen LogP contribution is 2.23. The Morgan fingerprint density at radius 2 is 1.79 bits per heavy atom. The Bertz CT molecular complexity index is 567. The second-order valence-corrected chi connectivity index (χ2v) is 5.76. The first-order valence-corrected chi connectivity index (χ1v) is 7.15. The summed E-state index contributed by atoms with van der Waals surface area (Å²) in [5, 5.41) is 4.48. The van der Waals surface area contributed by atoms with Gasteiger partial charge in [0.15, 0.2) is 0 Å². The molecule has 0 heterocycles. The van der Waals surface area contributed by atoms with Crippen LogP contribution in [0.25, 0.3) is 0 Å². The lowest BCUT2D eigenvalue weighted by Crippen LogP contribution is -2.29. The topological polar surface area (TPSA) is 12.0 Å². The Hall–Kier alpha value is -1.31. The highest BCUT2D eigenvalue weighted by Gasteiger charge is 2.20. The van der Waals surface area contributed by atoms with Gasteiger partial charge < -0.3 is 5.32 Å². The highest BCUT2D eigenvalue weighted by atomic mass is 35.5. The smallest absolute Gasteiger partial charge is 0.0453 e. The van der Waals surface area contributed by atoms with Gasteiger partial charge in [-0.15, -0.1) is 0 Å². The molecule has 0 saturated heterocycles. The molecule has 98 valence electrons. The molecule has 0 radical (unpaired) electrons. The summed E-state index contributed by atoms with van der Waals surface area (Å²) in [4.78, 5) is 0. The van der Waals surface area contributed by atoms with E-state index >= 15 is 0 Å². The van der Waals surface area contributed by atoms with Gasteiger partial charge in [-0.3, -0.25) is 0 Å². The molecule has 1 nitrogen and oxygen atoms in total. The quantitative estimate of drug-likeness (QED) is 0.893. The van der Waals surface area contributed by atoms with E-state index in [4.69, 9.17) is 11.6 Å². The number of halogens is 1. The predicted octanol–water partition coefficient (Wildman–Crippen LogP) is 3.91. The van der Waals surface area contributed by atoms with E-state index in [1.807, 2.05) is 6.07 Å². The van der Waals surface area contributed by atoms with Gasteiger partial charge in [0, 0.05) is 17.6 Å². The van der Waals surface area contributed by atoms with E-state index in [0.29, 0.717) is 6.04 Å². The summed E-state index contributed by atoms with van der Waals surface area (Å²) in [6, 6.07) is 15.5. The molecule has 0 aliphatic heterocycles. The number of fused-ring (bicyclic) bond motifs is 1. The minimum atomic E-state index is 0.537. The molecule has 1 N–H and O–H groups in total. The van der Waals surface area contributed by atoms with Crippen molar-refractivity contribution in [3.05, 3.63) is 69.7 Å². The zero-order valence-electron chi connectivity index (χ0n) is 11.1. The van der Waals surface area contributed by atoms with Crippen LogP contribution in [-0.2, 0) is 19.4 Å². The van der Waals surface area contributed by atoms with Crippen LogP contribution < -0.4 is 5.32 Å². The van der Waals surface area contributed by atoms with Crippen molar-refractivity contribution in [3.63, 3.8) is 0 Å². The van der Waals surface area contributed by atoms with E-state index in [2.05, 4.69) is 48.6 Å². The van der Waals surface area contributed by atoms with Crippen molar-refractivity contribution < 1.29 is 0 Å². The number of nitrogens with one attached hydrogen (secondary N) is 1. The van der Waals surface area contributed by atoms with Crippen molar-refractivity contribution in [3.8, 4) is 0 Å². The summed E-state index contributed by atoms with van der Waals surface area (Å²) < 4.78 is 0. The van der Waals surface area contributed by atoms with Gasteiger partial charge in [0.05, 0.1) is 0 Å². The molecule has 1 aliphatic carbocycles. The molecular formula is C17H18ClN. The van der Waals surface area contributed by atoms with Gasteiger partial charge >= 0.3 is 0 Å². The van der Waals surface area contributed by atoms with Gasteiger partial charge in [0.25, 0.3) is 0 Å². The highest BCUT2D eigenvalue weighted by molar-refractivity contribution is 6.31. The fourth-order valence-electron chi connectivity index (χ4n) is 2.75. The van der Waals surface area contributed by atoms with Crippen LogP contribution in [0.15, 0.2) is 42.5 Å². The van der Waals surface area contributed by atoms with Crippen LogP contribution in [0.2, 0.25) is 5.02 Å². The summed E-state index contributed by atoms with van der Waals surface area (Å²) >= 11 is 6.26. The average molecular weight is 272 g/mol. The monoisotopic (exact) mass is 271 g/mol. The van der Waals surface area contributed by atoms with Crippen LogP contribution in [-0.4, -0.2) is 6.04 Å². The summed E-state index contributed by atoms with van der Waals surface area (Å²) in [6.07, 6.45) is 2.25. The standard InChI is InChI=1S/C17H18ClN/c1-12-6-7-15(17(18)8-12)11-19-16-9-13-4-2-3-5-14(13)10-16/h2-8,16,19H,9-11H2,1H3. The Morgan fingerprint density at radius 1 is 1.11 bits per heavy atom. The van der Waals surface area contributed by atoms with Crippen molar-refractivity contribution >= 4 is 11.6 Å². The van der Waals surface area contributed by atoms with Crippen LogP contribution in [0.1, 0.15) is 22.3 Å². The molecule has 1 aliphatic rings. The summed E-state index contributed by atoms with van der Waals surface area (Å²) in [7, 11) is 0. The number of hydrogen-bond acceptors (Lipinski definition) is 1. The SMILES string of the molecule is Cc1ccc(CNC2Cc3ccccc3C2)c(Cl)c1. The first kappa shape index (κ1) is 12.7. The fraction of sp³-hybridized carbons (Fsp3) is 0.294. The zero-order valence-corrected chi connectivity index (χ0v) is 11.9. The number of hydrogen-bond donors (Lipinski definition) is 1. The van der Waals surface area contributed by atoms with Crippen LogP contribution in [0.4, 0.5) is 0 Å². The van der Waals surface area contributed by atoms with E-state index in [9.17, 15) is 0 Å². The van der Waals surface area contributed by atoms with Crippen molar-refractivity contribution in [1.29, 1.82) is 0 Å². The molecule has 0 saturated carbocycles. The summed E-state index contributed by atoms with van der Waals surface area (Å²) in [5.74, 6) is 0. The Morgan fingerprint density at radius 3 is 2.42 bits per heavy atom. The van der Waals surface area contributed by atoms with E-state index in [1.165, 1.54) is 22.3 Å². The maximum Gasteiger partial charge on any atom is 0.0453 e. The molecule has 3 rings (SSSR count). The lowest BCUT2D eigenvalue weighted by Gasteiger charge is -2.13. The third-order valence-electron chi connectivity index (χ3n) is 3.84. The normalized spacial score (nSPS) is 14.6. The summed E-state index contributed by atoms with van der Waals surface area (Å²) in [5.41, 5.74) is 5.36. The zero-order chi connectivity index (χ0) is 13.2. The largest absolute Gasteiger partial charge is 0.309 e. The van der Waals surface area contributed by atoms with Crippen LogP contribution in [0, 0.1) is 6.92 Å². The minimum Gasteiger partial charge on any atom is -0.309 e. The molecule has 2 heteroatoms. The van der Waals surface area contributed by atoms with E-state index in [0.717, 1.165) is 24.4 Å². The van der Waals surface area contributed by atoms with Crippen molar-refractivity contribution in [2.45, 2.75) is 32.4 Å². The predicted molar refractivity (Wildman–Crippen MR) is 80.7 cm³/mol. The van der Waals surface area contributed by atoms with E-state index < -0.39 is 0 Å². The second kappa shape index (κ2) is 5.36. The maximum absolute atomic E-state index is 6.26. The molecule has 2 aromatic carbocycles. The van der Waals surface area contributed by atoms with Crippen molar-refractivity contribution in [2.24, 2.45) is 0 Å². The Kier molecular flexibility index (Phi) is 3.58. The van der Waals surface area contributed by atoms with Gasteiger partial charge in [-0.25, -0.2) is 0 Å². The van der Waals surface area contributed by atoms with Gasteiger partial charge in [-0.1, -0.05) is 48.0 Å². The Balaban J connectivity index is 1.63. The number of aryl methyl sites for hydroxylation is 1. The molecular weight excluding hydrogens is 254 g/mol. The first-order valence-electron chi connectivity index (χ1n) is 6.77. The summed E-state index contributed by atoms with van der Waals surface area (Å²) in [6.45, 7) is 2.91.